The number of aryl methyl sites for hydroxylation is 1. The molecule has 0 bridgehead atoms. The predicted molar refractivity (Wildman–Crippen MR) is 64.6 cm³/mol. The van der Waals surface area contributed by atoms with Crippen LogP contribution >= 0.6 is 0 Å². The highest BCUT2D eigenvalue weighted by molar-refractivity contribution is 6.69. The minimum absolute atomic E-state index is 1.20. The summed E-state index contributed by atoms with van der Waals surface area (Å²) in [5, 5.41) is 0. The zero-order chi connectivity index (χ0) is 10.6. The highest BCUT2D eigenvalue weighted by atomic mass is 28.4. The van der Waals surface area contributed by atoms with Crippen LogP contribution in [0.25, 0.3) is 6.08 Å². The molecule has 0 fully saturated rings. The Morgan fingerprint density at radius 2 is 1.93 bits per heavy atom. The van der Waals surface area contributed by atoms with E-state index in [4.69, 9.17) is 4.43 Å². The Morgan fingerprint density at radius 1 is 1.21 bits per heavy atom. The van der Waals surface area contributed by atoms with Crippen molar-refractivity contribution in [3.05, 3.63) is 41.7 Å². The second kappa shape index (κ2) is 4.47. The second-order valence-electron chi connectivity index (χ2n) is 4.45. The molecule has 0 saturated heterocycles. The zero-order valence-corrected chi connectivity index (χ0v) is 10.4. The van der Waals surface area contributed by atoms with E-state index in [2.05, 4.69) is 50.8 Å². The Balaban J connectivity index is 2.61. The standard InChI is InChI=1S/C12H18OSi/c1-11-6-5-7-12(10-11)8-9-13-14(2,3)4/h5-10H,1-4H3/b9-8+. The first-order valence-corrected chi connectivity index (χ1v) is 8.29. The summed E-state index contributed by atoms with van der Waals surface area (Å²) >= 11 is 0. The van der Waals surface area contributed by atoms with Gasteiger partial charge in [-0.2, -0.15) is 0 Å². The summed E-state index contributed by atoms with van der Waals surface area (Å²) < 4.78 is 5.63. The van der Waals surface area contributed by atoms with Crippen molar-refractivity contribution in [3.8, 4) is 0 Å². The van der Waals surface area contributed by atoms with E-state index in [0.717, 1.165) is 0 Å². The molecule has 0 heterocycles. The average Bonchev–Trinajstić information content (AvgIpc) is 2.01. The van der Waals surface area contributed by atoms with Crippen molar-refractivity contribution >= 4 is 14.4 Å². The van der Waals surface area contributed by atoms with Crippen molar-refractivity contribution in [2.45, 2.75) is 26.6 Å². The largest absolute Gasteiger partial charge is 0.550 e. The van der Waals surface area contributed by atoms with Gasteiger partial charge in [-0.15, -0.1) is 0 Å². The number of benzene rings is 1. The molecule has 0 amide bonds. The highest BCUT2D eigenvalue weighted by Crippen LogP contribution is 2.08. The summed E-state index contributed by atoms with van der Waals surface area (Å²) in [4.78, 5) is 0. The average molecular weight is 206 g/mol. The smallest absolute Gasteiger partial charge is 0.241 e. The van der Waals surface area contributed by atoms with Gasteiger partial charge in [-0.3, -0.25) is 0 Å². The predicted octanol–water partition coefficient (Wildman–Crippen LogP) is 3.82. The Bertz CT molecular complexity index is 323. The van der Waals surface area contributed by atoms with Gasteiger partial charge in [0.05, 0.1) is 6.26 Å². The van der Waals surface area contributed by atoms with Gasteiger partial charge in [0, 0.05) is 0 Å². The third kappa shape index (κ3) is 4.28. The van der Waals surface area contributed by atoms with Crippen LogP contribution in [0.2, 0.25) is 19.6 Å². The molecule has 0 atom stereocenters. The lowest BCUT2D eigenvalue weighted by molar-refractivity contribution is 0.483. The molecule has 1 rings (SSSR count). The molecule has 0 unspecified atom stereocenters. The van der Waals surface area contributed by atoms with Gasteiger partial charge < -0.3 is 4.43 Å². The number of hydrogen-bond donors (Lipinski definition) is 0. The Morgan fingerprint density at radius 3 is 2.50 bits per heavy atom. The van der Waals surface area contributed by atoms with Gasteiger partial charge in [0.1, 0.15) is 0 Å². The van der Waals surface area contributed by atoms with Crippen molar-refractivity contribution in [2.75, 3.05) is 0 Å². The molecule has 0 radical (unpaired) electrons. The molecular weight excluding hydrogens is 188 g/mol. The van der Waals surface area contributed by atoms with Crippen LogP contribution in [0.15, 0.2) is 30.5 Å². The lowest BCUT2D eigenvalue weighted by atomic mass is 10.1. The molecule has 0 aliphatic heterocycles. The molecule has 1 nitrogen and oxygen atoms in total. The molecule has 0 aromatic heterocycles. The Kier molecular flexibility index (Phi) is 3.53. The molecular formula is C12H18OSi. The summed E-state index contributed by atoms with van der Waals surface area (Å²) in [6, 6.07) is 8.38. The van der Waals surface area contributed by atoms with Crippen LogP contribution in [0.4, 0.5) is 0 Å². The first kappa shape index (κ1) is 11.1. The summed E-state index contributed by atoms with van der Waals surface area (Å²) in [5.74, 6) is 0. The van der Waals surface area contributed by atoms with Gasteiger partial charge in [-0.25, -0.2) is 0 Å². The molecule has 1 aromatic rings. The fourth-order valence-corrected chi connectivity index (χ4v) is 1.57. The summed E-state index contributed by atoms with van der Waals surface area (Å²) in [5.41, 5.74) is 2.48. The molecule has 0 spiro atoms. The quantitative estimate of drug-likeness (QED) is 0.539. The minimum Gasteiger partial charge on any atom is -0.550 e. The van der Waals surface area contributed by atoms with Crippen LogP contribution in [0.1, 0.15) is 11.1 Å². The van der Waals surface area contributed by atoms with Gasteiger partial charge in [-0.05, 0) is 38.2 Å². The van der Waals surface area contributed by atoms with E-state index >= 15 is 0 Å². The molecule has 2 heteroatoms. The maximum atomic E-state index is 5.63. The minimum atomic E-state index is -1.41. The van der Waals surface area contributed by atoms with Crippen LogP contribution in [0, 0.1) is 6.92 Å². The van der Waals surface area contributed by atoms with Crippen LogP contribution < -0.4 is 0 Å². The normalized spacial score (nSPS) is 12.0. The van der Waals surface area contributed by atoms with E-state index in [-0.39, 0.29) is 0 Å². The molecule has 1 aromatic carbocycles. The lowest BCUT2D eigenvalue weighted by Crippen LogP contribution is -2.21. The lowest BCUT2D eigenvalue weighted by Gasteiger charge is -2.14. The van der Waals surface area contributed by atoms with Crippen LogP contribution in [0.3, 0.4) is 0 Å². The van der Waals surface area contributed by atoms with Gasteiger partial charge in [0.2, 0.25) is 8.32 Å². The zero-order valence-electron chi connectivity index (χ0n) is 9.37. The van der Waals surface area contributed by atoms with Crippen molar-refractivity contribution in [1.29, 1.82) is 0 Å². The van der Waals surface area contributed by atoms with Crippen LogP contribution in [0.5, 0.6) is 0 Å². The van der Waals surface area contributed by atoms with Crippen LogP contribution in [-0.4, -0.2) is 8.32 Å². The number of hydrogen-bond acceptors (Lipinski definition) is 1. The molecule has 0 aliphatic carbocycles. The first-order chi connectivity index (χ1) is 6.47. The maximum absolute atomic E-state index is 5.63. The maximum Gasteiger partial charge on any atom is 0.241 e. The van der Waals surface area contributed by atoms with Crippen molar-refractivity contribution < 1.29 is 4.43 Å². The second-order valence-corrected chi connectivity index (χ2v) is 8.91. The summed E-state index contributed by atoms with van der Waals surface area (Å²) in [6.45, 7) is 8.62. The molecule has 0 N–H and O–H groups in total. The highest BCUT2D eigenvalue weighted by Gasteiger charge is 2.12. The van der Waals surface area contributed by atoms with Gasteiger partial charge in [-0.1, -0.05) is 29.8 Å². The van der Waals surface area contributed by atoms with Gasteiger partial charge in [0.15, 0.2) is 0 Å². The first-order valence-electron chi connectivity index (χ1n) is 4.88. The Labute approximate surface area is 87.5 Å². The summed E-state index contributed by atoms with van der Waals surface area (Å²) in [6.07, 6.45) is 3.84. The van der Waals surface area contributed by atoms with Crippen molar-refractivity contribution in [2.24, 2.45) is 0 Å². The van der Waals surface area contributed by atoms with E-state index < -0.39 is 8.32 Å². The van der Waals surface area contributed by atoms with Gasteiger partial charge in [0.25, 0.3) is 0 Å². The topological polar surface area (TPSA) is 9.23 Å². The molecule has 0 aliphatic rings. The molecule has 0 saturated carbocycles. The van der Waals surface area contributed by atoms with Crippen molar-refractivity contribution in [3.63, 3.8) is 0 Å². The molecule has 14 heavy (non-hydrogen) atoms. The van der Waals surface area contributed by atoms with Crippen LogP contribution in [-0.2, 0) is 4.43 Å². The number of rotatable bonds is 3. The summed E-state index contributed by atoms with van der Waals surface area (Å²) in [7, 11) is -1.41. The fourth-order valence-electron chi connectivity index (χ4n) is 1.09. The van der Waals surface area contributed by atoms with E-state index in [1.54, 1.807) is 0 Å². The van der Waals surface area contributed by atoms with Crippen molar-refractivity contribution in [1.82, 2.24) is 0 Å². The van der Waals surface area contributed by atoms with Gasteiger partial charge >= 0.3 is 0 Å². The Hall–Kier alpha value is -1.02. The fraction of sp³-hybridized carbons (Fsp3) is 0.333. The SMILES string of the molecule is Cc1cccc(/C=C/O[Si](C)(C)C)c1. The third-order valence-corrected chi connectivity index (χ3v) is 2.57. The van der Waals surface area contributed by atoms with E-state index in [1.807, 2.05) is 12.3 Å². The van der Waals surface area contributed by atoms with E-state index in [0.29, 0.717) is 0 Å². The molecule has 76 valence electrons. The van der Waals surface area contributed by atoms with E-state index in [9.17, 15) is 0 Å². The third-order valence-electron chi connectivity index (χ3n) is 1.72. The van der Waals surface area contributed by atoms with E-state index in [1.165, 1.54) is 11.1 Å². The monoisotopic (exact) mass is 206 g/mol.